The lowest BCUT2D eigenvalue weighted by Crippen LogP contribution is -2.41. The van der Waals surface area contributed by atoms with E-state index in [-0.39, 0.29) is 23.6 Å². The van der Waals surface area contributed by atoms with E-state index in [1.807, 2.05) is 0 Å². The van der Waals surface area contributed by atoms with Crippen LogP contribution >= 0.6 is 0 Å². The number of nitrogens with one attached hydrogen (secondary N) is 1. The lowest BCUT2D eigenvalue weighted by atomic mass is 10.1. The van der Waals surface area contributed by atoms with Crippen LogP contribution in [-0.2, 0) is 4.74 Å². The predicted molar refractivity (Wildman–Crippen MR) is 77.3 cm³/mol. The Kier molecular flexibility index (Phi) is 4.21. The van der Waals surface area contributed by atoms with Crippen molar-refractivity contribution in [1.82, 2.24) is 10.2 Å². The number of rotatable bonds is 2. The molecule has 3 N–H and O–H groups in total. The molecule has 1 aliphatic heterocycles. The van der Waals surface area contributed by atoms with Crippen LogP contribution in [0.5, 0.6) is 11.5 Å². The first kappa shape index (κ1) is 15.0. The molecular formula is C14H19N3O4. The molecule has 1 aliphatic rings. The van der Waals surface area contributed by atoms with Crippen LogP contribution < -0.4 is 5.32 Å². The summed E-state index contributed by atoms with van der Waals surface area (Å²) >= 11 is 0. The first-order valence-corrected chi connectivity index (χ1v) is 6.65. The van der Waals surface area contributed by atoms with Gasteiger partial charge in [-0.3, -0.25) is 10.3 Å². The third-order valence-electron chi connectivity index (χ3n) is 3.14. The zero-order valence-electron chi connectivity index (χ0n) is 12.2. The average Bonchev–Trinajstić information content (AvgIpc) is 2.73. The van der Waals surface area contributed by atoms with Crippen LogP contribution in [0.2, 0.25) is 0 Å². The Morgan fingerprint density at radius 2 is 2.19 bits per heavy atom. The van der Waals surface area contributed by atoms with E-state index in [1.54, 1.807) is 25.8 Å². The molecule has 0 aromatic heterocycles. The molecule has 21 heavy (non-hydrogen) atoms. The Bertz CT molecular complexity index is 571. The number of amides is 1. The summed E-state index contributed by atoms with van der Waals surface area (Å²) in [6, 6.07) is 4.07. The molecule has 0 aliphatic carbocycles. The van der Waals surface area contributed by atoms with E-state index < -0.39 is 6.09 Å². The van der Waals surface area contributed by atoms with Crippen LogP contribution in [0.3, 0.4) is 0 Å². The molecule has 114 valence electrons. The summed E-state index contributed by atoms with van der Waals surface area (Å²) in [6.45, 7) is 3.88. The molecule has 1 atom stereocenters. The highest BCUT2D eigenvalue weighted by atomic mass is 16.6. The van der Waals surface area contributed by atoms with Crippen molar-refractivity contribution in [3.63, 3.8) is 0 Å². The molecule has 1 heterocycles. The van der Waals surface area contributed by atoms with Gasteiger partial charge in [-0.25, -0.2) is 4.79 Å². The van der Waals surface area contributed by atoms with Crippen LogP contribution in [0.15, 0.2) is 23.2 Å². The van der Waals surface area contributed by atoms with Gasteiger partial charge in [0.1, 0.15) is 11.5 Å². The summed E-state index contributed by atoms with van der Waals surface area (Å²) in [5.41, 5.74) is 0.551. The second-order valence-corrected chi connectivity index (χ2v) is 5.11. The number of carbonyl (C=O) groups excluding carboxylic acids is 1. The van der Waals surface area contributed by atoms with Gasteiger partial charge in [-0.05, 0) is 32.0 Å². The highest BCUT2D eigenvalue weighted by Crippen LogP contribution is 2.33. The monoisotopic (exact) mass is 293 g/mol. The summed E-state index contributed by atoms with van der Waals surface area (Å²) in [5, 5.41) is 22.0. The van der Waals surface area contributed by atoms with Crippen molar-refractivity contribution in [1.29, 1.82) is 0 Å². The van der Waals surface area contributed by atoms with Gasteiger partial charge in [-0.2, -0.15) is 0 Å². The number of phenolic OH excluding ortho intramolecular Hbond substituents is 2. The highest BCUT2D eigenvalue weighted by molar-refractivity contribution is 5.95. The molecule has 0 saturated carbocycles. The Labute approximate surface area is 122 Å². The van der Waals surface area contributed by atoms with Crippen LogP contribution in [0.25, 0.3) is 0 Å². The maximum atomic E-state index is 11.6. The van der Waals surface area contributed by atoms with Gasteiger partial charge in [0, 0.05) is 12.6 Å². The van der Waals surface area contributed by atoms with Crippen molar-refractivity contribution >= 4 is 12.1 Å². The molecule has 0 radical (unpaired) electrons. The molecule has 7 heteroatoms. The van der Waals surface area contributed by atoms with Gasteiger partial charge in [-0.1, -0.05) is 0 Å². The zero-order valence-corrected chi connectivity index (χ0v) is 12.2. The summed E-state index contributed by atoms with van der Waals surface area (Å²) in [4.78, 5) is 17.5. The molecule has 7 nitrogen and oxygen atoms in total. The van der Waals surface area contributed by atoms with Gasteiger partial charge in [0.25, 0.3) is 0 Å². The second-order valence-electron chi connectivity index (χ2n) is 5.11. The summed E-state index contributed by atoms with van der Waals surface area (Å²) < 4.78 is 5.00. The van der Waals surface area contributed by atoms with Crippen LogP contribution in [0.4, 0.5) is 4.79 Å². The molecule has 0 fully saturated rings. The fourth-order valence-corrected chi connectivity index (χ4v) is 2.13. The third kappa shape index (κ3) is 3.36. The maximum absolute atomic E-state index is 11.6. The van der Waals surface area contributed by atoms with Gasteiger partial charge >= 0.3 is 6.09 Å². The lowest BCUT2D eigenvalue weighted by Gasteiger charge is -2.24. The standard InChI is InChI=1S/C14H19N3O4/c1-8(2)21-14(20)16-13-15-7-11(17(13)3)10-6-9(18)4-5-12(10)19/h4-6,8,11,18-19H,7H2,1-3H3,(H,15,16,20). The summed E-state index contributed by atoms with van der Waals surface area (Å²) in [6.07, 6.45) is -0.792. The molecule has 2 rings (SSSR count). The minimum atomic E-state index is -0.573. The van der Waals surface area contributed by atoms with E-state index >= 15 is 0 Å². The quantitative estimate of drug-likeness (QED) is 0.720. The fraction of sp³-hybridized carbons (Fsp3) is 0.429. The van der Waals surface area contributed by atoms with Crippen LogP contribution in [-0.4, -0.2) is 46.9 Å². The summed E-state index contributed by atoms with van der Waals surface area (Å²) in [5.74, 6) is 0.510. The number of hydrogen-bond donors (Lipinski definition) is 3. The Morgan fingerprint density at radius 3 is 2.86 bits per heavy atom. The molecule has 1 aromatic carbocycles. The van der Waals surface area contributed by atoms with E-state index in [0.717, 1.165) is 0 Å². The Morgan fingerprint density at radius 1 is 1.48 bits per heavy atom. The molecule has 0 spiro atoms. The number of hydrogen-bond acceptors (Lipinski definition) is 6. The lowest BCUT2D eigenvalue weighted by molar-refractivity contribution is 0.119. The van der Waals surface area contributed by atoms with Crippen molar-refractivity contribution in [3.8, 4) is 11.5 Å². The maximum Gasteiger partial charge on any atom is 0.414 e. The number of likely N-dealkylation sites (N-methyl/N-ethyl adjacent to an activating group) is 1. The van der Waals surface area contributed by atoms with Gasteiger partial charge < -0.3 is 19.8 Å². The number of carbonyl (C=O) groups is 1. The summed E-state index contributed by atoms with van der Waals surface area (Å²) in [7, 11) is 1.75. The topological polar surface area (TPSA) is 94.4 Å². The number of nitrogens with zero attached hydrogens (tertiary/aromatic N) is 2. The van der Waals surface area contributed by atoms with E-state index in [2.05, 4.69) is 10.3 Å². The van der Waals surface area contributed by atoms with Crippen molar-refractivity contribution in [2.24, 2.45) is 4.99 Å². The molecule has 1 amide bonds. The van der Waals surface area contributed by atoms with Gasteiger partial charge in [0.15, 0.2) is 0 Å². The highest BCUT2D eigenvalue weighted by Gasteiger charge is 2.29. The number of alkyl carbamates (subject to hydrolysis) is 1. The van der Waals surface area contributed by atoms with Crippen molar-refractivity contribution in [2.45, 2.75) is 26.0 Å². The first-order valence-electron chi connectivity index (χ1n) is 6.65. The third-order valence-corrected chi connectivity index (χ3v) is 3.14. The number of ether oxygens (including phenoxy) is 1. The number of guanidine groups is 1. The van der Waals surface area contributed by atoms with Gasteiger partial charge in [0.2, 0.25) is 5.96 Å². The number of phenols is 2. The van der Waals surface area contributed by atoms with Crippen molar-refractivity contribution in [2.75, 3.05) is 13.6 Å². The Hall–Kier alpha value is -2.44. The SMILES string of the molecule is CC(C)OC(=O)NC1=NCC(c2cc(O)ccc2O)N1C. The molecule has 0 saturated heterocycles. The molecule has 1 aromatic rings. The van der Waals surface area contributed by atoms with E-state index in [1.165, 1.54) is 18.2 Å². The number of aliphatic imine (C=N–C) groups is 1. The second kappa shape index (κ2) is 5.90. The van der Waals surface area contributed by atoms with E-state index in [9.17, 15) is 15.0 Å². The fourth-order valence-electron chi connectivity index (χ4n) is 2.13. The molecular weight excluding hydrogens is 274 g/mol. The van der Waals surface area contributed by atoms with Crippen molar-refractivity contribution in [3.05, 3.63) is 23.8 Å². The number of benzene rings is 1. The van der Waals surface area contributed by atoms with Gasteiger partial charge in [0.05, 0.1) is 18.7 Å². The minimum absolute atomic E-state index is 0.0665. The Balaban J connectivity index is 2.08. The largest absolute Gasteiger partial charge is 0.508 e. The molecule has 0 bridgehead atoms. The average molecular weight is 293 g/mol. The predicted octanol–water partition coefficient (Wildman–Crippen LogP) is 1.57. The zero-order chi connectivity index (χ0) is 15.6. The van der Waals surface area contributed by atoms with E-state index in [0.29, 0.717) is 18.1 Å². The normalized spacial score (nSPS) is 17.8. The van der Waals surface area contributed by atoms with Gasteiger partial charge in [-0.15, -0.1) is 0 Å². The van der Waals surface area contributed by atoms with E-state index in [4.69, 9.17) is 4.74 Å². The molecule has 1 unspecified atom stereocenters. The van der Waals surface area contributed by atoms with Crippen LogP contribution in [0.1, 0.15) is 25.5 Å². The first-order chi connectivity index (χ1) is 9.88. The van der Waals surface area contributed by atoms with Crippen LogP contribution in [0, 0.1) is 0 Å². The number of aromatic hydroxyl groups is 2. The minimum Gasteiger partial charge on any atom is -0.508 e. The van der Waals surface area contributed by atoms with Crippen molar-refractivity contribution < 1.29 is 19.7 Å². The smallest absolute Gasteiger partial charge is 0.414 e.